The molecule has 0 saturated heterocycles. The van der Waals surface area contributed by atoms with Crippen molar-refractivity contribution >= 4 is 28.8 Å². The monoisotopic (exact) mass is 426 g/mol. The lowest BCUT2D eigenvalue weighted by Gasteiger charge is -2.15. The maximum absolute atomic E-state index is 12.9. The van der Waals surface area contributed by atoms with Gasteiger partial charge in [0.15, 0.2) is 5.82 Å². The Kier molecular flexibility index (Phi) is 5.35. The zero-order valence-electron chi connectivity index (χ0n) is 14.0. The van der Waals surface area contributed by atoms with Gasteiger partial charge in [0, 0.05) is 10.6 Å². The predicted octanol–water partition coefficient (Wildman–Crippen LogP) is 3.76. The normalized spacial score (nSPS) is 12.4. The van der Waals surface area contributed by atoms with Crippen LogP contribution in [0, 0.1) is 11.3 Å². The molecule has 1 amide bonds. The third kappa shape index (κ3) is 4.13. The minimum atomic E-state index is -4.63. The molecule has 28 heavy (non-hydrogen) atoms. The molecular formula is C16H10ClF3N6OS. The maximum atomic E-state index is 12.9. The summed E-state index contributed by atoms with van der Waals surface area (Å²) < 4.78 is 40.1. The second-order valence-electron chi connectivity index (χ2n) is 5.57. The van der Waals surface area contributed by atoms with Gasteiger partial charge in [-0.3, -0.25) is 4.79 Å². The molecule has 3 aromatic rings. The Bertz CT molecular complexity index is 1070. The molecule has 1 atom stereocenters. The number of alkyl halides is 3. The van der Waals surface area contributed by atoms with E-state index in [-0.39, 0.29) is 10.6 Å². The van der Waals surface area contributed by atoms with Gasteiger partial charge in [-0.25, -0.2) is 9.97 Å². The van der Waals surface area contributed by atoms with Gasteiger partial charge in [-0.1, -0.05) is 22.9 Å². The molecule has 0 saturated carbocycles. The summed E-state index contributed by atoms with van der Waals surface area (Å²) in [6, 6.07) is 3.85. The number of nitrogens with one attached hydrogen (secondary N) is 1. The number of thiazole rings is 1. The molecule has 0 spiro atoms. The number of aromatic nitrogens is 4. The first-order chi connectivity index (χ1) is 13.2. The highest BCUT2D eigenvalue weighted by Crippen LogP contribution is 2.32. The summed E-state index contributed by atoms with van der Waals surface area (Å²) in [6.45, 7) is 1.59. The van der Waals surface area contributed by atoms with E-state index in [0.717, 1.165) is 29.5 Å². The van der Waals surface area contributed by atoms with E-state index in [1.54, 1.807) is 6.92 Å². The van der Waals surface area contributed by atoms with Crippen LogP contribution in [-0.2, 0) is 6.18 Å². The van der Waals surface area contributed by atoms with Crippen molar-refractivity contribution in [3.05, 3.63) is 57.6 Å². The number of nitrogens with zero attached hydrogens (tertiary/aromatic N) is 5. The topological polar surface area (TPSA) is 96.5 Å². The van der Waals surface area contributed by atoms with Crippen molar-refractivity contribution in [3.63, 3.8) is 0 Å². The lowest BCUT2D eigenvalue weighted by atomic mass is 10.1. The van der Waals surface area contributed by atoms with Gasteiger partial charge in [0.1, 0.15) is 17.3 Å². The molecule has 1 N–H and O–H groups in total. The van der Waals surface area contributed by atoms with Crippen molar-refractivity contribution in [3.8, 4) is 11.2 Å². The van der Waals surface area contributed by atoms with Crippen LogP contribution in [0.1, 0.15) is 39.6 Å². The summed E-state index contributed by atoms with van der Waals surface area (Å²) in [4.78, 5) is 20.9. The SMILES string of the molecule is C[C@H](NC(=O)c1cc(Cl)cc(C(F)(F)F)c1)c1ncnn1-c1ncc(C#N)s1. The van der Waals surface area contributed by atoms with E-state index in [4.69, 9.17) is 16.9 Å². The molecule has 1 aromatic carbocycles. The Hall–Kier alpha value is -2.97. The fraction of sp³-hybridized carbons (Fsp3) is 0.188. The molecule has 0 fully saturated rings. The van der Waals surface area contributed by atoms with E-state index < -0.39 is 23.7 Å². The third-order valence-corrected chi connectivity index (χ3v) is 4.68. The van der Waals surface area contributed by atoms with Gasteiger partial charge in [0.2, 0.25) is 5.13 Å². The third-order valence-electron chi connectivity index (χ3n) is 3.58. The number of hydrogen-bond acceptors (Lipinski definition) is 6. The average Bonchev–Trinajstić information content (AvgIpc) is 3.29. The summed E-state index contributed by atoms with van der Waals surface area (Å²) in [5.41, 5.74) is -1.26. The highest BCUT2D eigenvalue weighted by Gasteiger charge is 2.32. The number of hydrogen-bond donors (Lipinski definition) is 1. The molecule has 7 nitrogen and oxygen atoms in total. The van der Waals surface area contributed by atoms with Crippen LogP contribution in [0.5, 0.6) is 0 Å². The fourth-order valence-electron chi connectivity index (χ4n) is 2.34. The second kappa shape index (κ2) is 7.57. The van der Waals surface area contributed by atoms with Gasteiger partial charge in [-0.05, 0) is 25.1 Å². The molecule has 0 aliphatic heterocycles. The van der Waals surface area contributed by atoms with Gasteiger partial charge >= 0.3 is 6.18 Å². The Morgan fingerprint density at radius 2 is 2.11 bits per heavy atom. The lowest BCUT2D eigenvalue weighted by molar-refractivity contribution is -0.137. The van der Waals surface area contributed by atoms with Crippen molar-refractivity contribution in [2.75, 3.05) is 0 Å². The Labute approximate surface area is 165 Å². The zero-order chi connectivity index (χ0) is 20.5. The summed E-state index contributed by atoms with van der Waals surface area (Å²) in [7, 11) is 0. The second-order valence-corrected chi connectivity index (χ2v) is 7.02. The van der Waals surface area contributed by atoms with Crippen molar-refractivity contribution in [2.45, 2.75) is 19.1 Å². The molecular weight excluding hydrogens is 417 g/mol. The highest BCUT2D eigenvalue weighted by atomic mass is 35.5. The summed E-state index contributed by atoms with van der Waals surface area (Å²) in [5.74, 6) is -0.461. The minimum Gasteiger partial charge on any atom is -0.342 e. The smallest absolute Gasteiger partial charge is 0.342 e. The lowest BCUT2D eigenvalue weighted by Crippen LogP contribution is -2.29. The summed E-state index contributed by atoms with van der Waals surface area (Å²) >= 11 is 6.80. The molecule has 2 heterocycles. The van der Waals surface area contributed by atoms with E-state index in [2.05, 4.69) is 20.4 Å². The van der Waals surface area contributed by atoms with Crippen LogP contribution in [-0.4, -0.2) is 25.7 Å². The van der Waals surface area contributed by atoms with Crippen LogP contribution in [0.25, 0.3) is 5.13 Å². The van der Waals surface area contributed by atoms with Crippen molar-refractivity contribution in [2.24, 2.45) is 0 Å². The Morgan fingerprint density at radius 3 is 2.75 bits per heavy atom. The van der Waals surface area contributed by atoms with Crippen LogP contribution in [0.4, 0.5) is 13.2 Å². The maximum Gasteiger partial charge on any atom is 0.416 e. The van der Waals surface area contributed by atoms with Gasteiger partial charge in [-0.2, -0.15) is 28.2 Å². The zero-order valence-corrected chi connectivity index (χ0v) is 15.6. The molecule has 3 rings (SSSR count). The Balaban J connectivity index is 1.84. The van der Waals surface area contributed by atoms with Gasteiger partial charge < -0.3 is 5.32 Å². The van der Waals surface area contributed by atoms with Crippen LogP contribution in [0.3, 0.4) is 0 Å². The van der Waals surface area contributed by atoms with Crippen LogP contribution >= 0.6 is 22.9 Å². The van der Waals surface area contributed by atoms with Crippen molar-refractivity contribution < 1.29 is 18.0 Å². The standard InChI is InChI=1S/C16H10ClF3N6OS/c1-8(13-23-7-24-26(13)15-22-6-12(5-21)28-15)25-14(27)9-2-10(16(18,19)20)4-11(17)3-9/h2-4,6-8H,1H3,(H,25,27)/t8-/m0/s1. The number of halogens is 4. The van der Waals surface area contributed by atoms with Gasteiger partial charge in [0.25, 0.3) is 5.91 Å². The average molecular weight is 427 g/mol. The quantitative estimate of drug-likeness (QED) is 0.685. The predicted molar refractivity (Wildman–Crippen MR) is 94.1 cm³/mol. The first kappa shape index (κ1) is 19.8. The van der Waals surface area contributed by atoms with Crippen LogP contribution < -0.4 is 5.32 Å². The fourth-order valence-corrected chi connectivity index (χ4v) is 3.25. The van der Waals surface area contributed by atoms with E-state index in [1.165, 1.54) is 17.2 Å². The molecule has 0 aliphatic carbocycles. The van der Waals surface area contributed by atoms with Crippen molar-refractivity contribution in [1.82, 2.24) is 25.1 Å². The van der Waals surface area contributed by atoms with Crippen LogP contribution in [0.15, 0.2) is 30.7 Å². The number of carbonyl (C=O) groups excluding carboxylic acids is 1. The van der Waals surface area contributed by atoms with E-state index >= 15 is 0 Å². The van der Waals surface area contributed by atoms with Crippen molar-refractivity contribution in [1.29, 1.82) is 5.26 Å². The largest absolute Gasteiger partial charge is 0.416 e. The molecule has 144 valence electrons. The van der Waals surface area contributed by atoms with E-state index in [1.807, 2.05) is 6.07 Å². The van der Waals surface area contributed by atoms with Gasteiger partial charge in [-0.15, -0.1) is 0 Å². The molecule has 0 radical (unpaired) electrons. The molecule has 0 bridgehead atoms. The summed E-state index contributed by atoms with van der Waals surface area (Å²) in [5, 5.41) is 15.6. The molecule has 12 heteroatoms. The number of benzene rings is 1. The number of nitriles is 1. The van der Waals surface area contributed by atoms with Gasteiger partial charge in [0.05, 0.1) is 17.8 Å². The number of carbonyl (C=O) groups is 1. The van der Waals surface area contributed by atoms with Crippen LogP contribution in [0.2, 0.25) is 5.02 Å². The number of amides is 1. The molecule has 0 unspecified atom stereocenters. The van der Waals surface area contributed by atoms with E-state index in [0.29, 0.717) is 15.8 Å². The molecule has 2 aromatic heterocycles. The highest BCUT2D eigenvalue weighted by molar-refractivity contribution is 7.14. The summed E-state index contributed by atoms with van der Waals surface area (Å²) in [6.07, 6.45) is -2.01. The minimum absolute atomic E-state index is 0.206. The van der Waals surface area contributed by atoms with E-state index in [9.17, 15) is 18.0 Å². The number of rotatable bonds is 4. The first-order valence-electron chi connectivity index (χ1n) is 7.64. The first-order valence-corrected chi connectivity index (χ1v) is 8.83. The molecule has 0 aliphatic rings. The Morgan fingerprint density at radius 1 is 1.36 bits per heavy atom.